The van der Waals surface area contributed by atoms with Crippen molar-refractivity contribution in [1.82, 2.24) is 4.90 Å². The third kappa shape index (κ3) is 1.99. The Bertz CT molecular complexity index is 572. The van der Waals surface area contributed by atoms with E-state index in [4.69, 9.17) is 16.3 Å². The number of halogens is 1. The molecule has 1 aromatic rings. The summed E-state index contributed by atoms with van der Waals surface area (Å²) >= 11 is 6.30. The van der Waals surface area contributed by atoms with Gasteiger partial charge in [-0.3, -0.25) is 4.79 Å². The van der Waals surface area contributed by atoms with Crippen LogP contribution in [0.15, 0.2) is 18.2 Å². The topological polar surface area (TPSA) is 46.6 Å². The molecule has 0 bridgehead atoms. The number of carbonyl (C=O) groups excluding carboxylic acids is 2. The van der Waals surface area contributed by atoms with Crippen molar-refractivity contribution in [2.45, 2.75) is 37.8 Å². The van der Waals surface area contributed by atoms with Gasteiger partial charge in [0.05, 0.1) is 13.2 Å². The summed E-state index contributed by atoms with van der Waals surface area (Å²) in [6, 6.07) is 5.23. The lowest BCUT2D eigenvalue weighted by molar-refractivity contribution is -0.150. The summed E-state index contributed by atoms with van der Waals surface area (Å²) in [7, 11) is 1.36. The molecule has 0 spiro atoms. The van der Waals surface area contributed by atoms with E-state index >= 15 is 0 Å². The van der Waals surface area contributed by atoms with Crippen LogP contribution in [0.5, 0.6) is 0 Å². The lowest BCUT2D eigenvalue weighted by Gasteiger charge is -2.30. The maximum Gasteiger partial charge on any atom is 0.328 e. The number of carbonyl (C=O) groups is 2. The molecular weight excluding hydrogens is 278 g/mol. The van der Waals surface area contributed by atoms with Gasteiger partial charge in [-0.15, -0.1) is 0 Å². The first-order valence-electron chi connectivity index (χ1n) is 6.79. The number of amides is 1. The molecule has 1 aromatic carbocycles. The van der Waals surface area contributed by atoms with Crippen LogP contribution >= 0.6 is 11.6 Å². The normalized spacial score (nSPS) is 24.9. The summed E-state index contributed by atoms with van der Waals surface area (Å²) in [6.07, 6.45) is 2.63. The van der Waals surface area contributed by atoms with Crippen LogP contribution in [0.2, 0.25) is 5.02 Å². The fourth-order valence-corrected chi connectivity index (χ4v) is 3.67. The lowest BCUT2D eigenvalue weighted by Crippen LogP contribution is -2.41. The Hall–Kier alpha value is -1.55. The second-order valence-electron chi connectivity index (χ2n) is 5.25. The predicted octanol–water partition coefficient (Wildman–Crippen LogP) is 2.49. The first kappa shape index (κ1) is 13.4. The summed E-state index contributed by atoms with van der Waals surface area (Å²) < 4.78 is 4.82. The van der Waals surface area contributed by atoms with Gasteiger partial charge in [-0.2, -0.15) is 0 Å². The van der Waals surface area contributed by atoms with Crippen molar-refractivity contribution in [2.24, 2.45) is 0 Å². The molecule has 2 atom stereocenters. The molecule has 1 heterocycles. The van der Waals surface area contributed by atoms with Crippen LogP contribution in [-0.4, -0.2) is 29.9 Å². The molecule has 0 aromatic heterocycles. The summed E-state index contributed by atoms with van der Waals surface area (Å²) in [4.78, 5) is 25.7. The van der Waals surface area contributed by atoms with Crippen molar-refractivity contribution < 1.29 is 14.3 Å². The molecule has 1 saturated heterocycles. The zero-order chi connectivity index (χ0) is 14.3. The SMILES string of the molecule is COC(=O)C1CCC(=O)N1C1CCc2cccc(Cl)c21. The van der Waals surface area contributed by atoms with E-state index in [-0.39, 0.29) is 17.9 Å². The van der Waals surface area contributed by atoms with Gasteiger partial charge in [0.25, 0.3) is 0 Å². The van der Waals surface area contributed by atoms with E-state index in [2.05, 4.69) is 0 Å². The van der Waals surface area contributed by atoms with E-state index in [0.717, 1.165) is 18.4 Å². The highest BCUT2D eigenvalue weighted by atomic mass is 35.5. The Kier molecular flexibility index (Phi) is 3.42. The minimum Gasteiger partial charge on any atom is -0.467 e. The number of esters is 1. The third-order valence-electron chi connectivity index (χ3n) is 4.23. The largest absolute Gasteiger partial charge is 0.467 e. The first-order chi connectivity index (χ1) is 9.63. The lowest BCUT2D eigenvalue weighted by atomic mass is 10.1. The number of hydrogen-bond donors (Lipinski definition) is 0. The highest BCUT2D eigenvalue weighted by Gasteiger charge is 2.43. The quantitative estimate of drug-likeness (QED) is 0.787. The Balaban J connectivity index is 1.98. The molecule has 1 aliphatic carbocycles. The molecule has 0 radical (unpaired) electrons. The monoisotopic (exact) mass is 293 g/mol. The van der Waals surface area contributed by atoms with Gasteiger partial charge in [-0.05, 0) is 36.5 Å². The van der Waals surface area contributed by atoms with Crippen molar-refractivity contribution in [3.05, 3.63) is 34.3 Å². The number of methoxy groups -OCH3 is 1. The van der Waals surface area contributed by atoms with Crippen LogP contribution in [0.1, 0.15) is 36.4 Å². The van der Waals surface area contributed by atoms with Crippen molar-refractivity contribution >= 4 is 23.5 Å². The van der Waals surface area contributed by atoms with Crippen LogP contribution in [-0.2, 0) is 20.7 Å². The second-order valence-corrected chi connectivity index (χ2v) is 5.65. The molecule has 1 amide bonds. The molecule has 4 nitrogen and oxygen atoms in total. The van der Waals surface area contributed by atoms with Crippen LogP contribution in [0.4, 0.5) is 0 Å². The van der Waals surface area contributed by atoms with Crippen LogP contribution in [0.3, 0.4) is 0 Å². The van der Waals surface area contributed by atoms with Gasteiger partial charge in [0.2, 0.25) is 5.91 Å². The molecule has 2 unspecified atom stereocenters. The molecular formula is C15H16ClNO3. The van der Waals surface area contributed by atoms with Gasteiger partial charge in [-0.1, -0.05) is 23.7 Å². The molecule has 106 valence electrons. The van der Waals surface area contributed by atoms with E-state index in [9.17, 15) is 9.59 Å². The number of rotatable bonds is 2. The van der Waals surface area contributed by atoms with E-state index in [1.54, 1.807) is 4.90 Å². The standard InChI is InChI=1S/C15H16ClNO3/c1-20-15(19)12-7-8-13(18)17(12)11-6-5-9-3-2-4-10(16)14(9)11/h2-4,11-12H,5-8H2,1H3. The number of aryl methyl sites for hydroxylation is 1. The van der Waals surface area contributed by atoms with Gasteiger partial charge in [0.15, 0.2) is 0 Å². The highest BCUT2D eigenvalue weighted by Crippen LogP contribution is 2.43. The fraction of sp³-hybridized carbons (Fsp3) is 0.467. The maximum absolute atomic E-state index is 12.2. The summed E-state index contributed by atoms with van der Waals surface area (Å²) in [6.45, 7) is 0. The van der Waals surface area contributed by atoms with Gasteiger partial charge in [0.1, 0.15) is 6.04 Å². The summed E-state index contributed by atoms with van der Waals surface area (Å²) in [5.41, 5.74) is 2.17. The molecule has 5 heteroatoms. The Morgan fingerprint density at radius 2 is 2.15 bits per heavy atom. The maximum atomic E-state index is 12.2. The van der Waals surface area contributed by atoms with E-state index < -0.39 is 6.04 Å². The molecule has 0 saturated carbocycles. The van der Waals surface area contributed by atoms with Crippen molar-refractivity contribution in [2.75, 3.05) is 7.11 Å². The third-order valence-corrected chi connectivity index (χ3v) is 4.56. The van der Waals surface area contributed by atoms with Crippen LogP contribution in [0.25, 0.3) is 0 Å². The number of ether oxygens (including phenoxy) is 1. The first-order valence-corrected chi connectivity index (χ1v) is 7.17. The van der Waals surface area contributed by atoms with Crippen molar-refractivity contribution in [3.63, 3.8) is 0 Å². The fourth-order valence-electron chi connectivity index (χ4n) is 3.35. The molecule has 20 heavy (non-hydrogen) atoms. The Morgan fingerprint density at radius 1 is 1.35 bits per heavy atom. The van der Waals surface area contributed by atoms with Crippen LogP contribution in [0, 0.1) is 0 Å². The average Bonchev–Trinajstić information content (AvgIpc) is 3.02. The molecule has 0 N–H and O–H groups in total. The molecule has 3 rings (SSSR count). The highest BCUT2D eigenvalue weighted by molar-refractivity contribution is 6.31. The number of likely N-dealkylation sites (tertiary alicyclic amines) is 1. The van der Waals surface area contributed by atoms with Gasteiger partial charge in [-0.25, -0.2) is 4.79 Å². The van der Waals surface area contributed by atoms with Crippen molar-refractivity contribution in [1.29, 1.82) is 0 Å². The Morgan fingerprint density at radius 3 is 2.90 bits per heavy atom. The zero-order valence-electron chi connectivity index (χ0n) is 11.3. The minimum atomic E-state index is -0.472. The molecule has 2 aliphatic rings. The Labute approximate surface area is 122 Å². The summed E-state index contributed by atoms with van der Waals surface area (Å²) in [5, 5.41) is 0.674. The van der Waals surface area contributed by atoms with E-state index in [1.807, 2.05) is 18.2 Å². The number of fused-ring (bicyclic) bond motifs is 1. The second kappa shape index (κ2) is 5.09. The van der Waals surface area contributed by atoms with Gasteiger partial charge < -0.3 is 9.64 Å². The van der Waals surface area contributed by atoms with Crippen LogP contribution < -0.4 is 0 Å². The van der Waals surface area contributed by atoms with Gasteiger partial charge >= 0.3 is 5.97 Å². The number of nitrogens with zero attached hydrogens (tertiary/aromatic N) is 1. The minimum absolute atomic E-state index is 0.0122. The predicted molar refractivity (Wildman–Crippen MR) is 74.4 cm³/mol. The smallest absolute Gasteiger partial charge is 0.328 e. The number of benzene rings is 1. The van der Waals surface area contributed by atoms with E-state index in [1.165, 1.54) is 12.7 Å². The number of hydrogen-bond acceptors (Lipinski definition) is 3. The molecule has 1 fully saturated rings. The zero-order valence-corrected chi connectivity index (χ0v) is 12.0. The molecule has 1 aliphatic heterocycles. The van der Waals surface area contributed by atoms with Crippen molar-refractivity contribution in [3.8, 4) is 0 Å². The van der Waals surface area contributed by atoms with Gasteiger partial charge in [0, 0.05) is 11.4 Å². The van der Waals surface area contributed by atoms with E-state index in [0.29, 0.717) is 17.9 Å². The average molecular weight is 294 g/mol. The summed E-state index contributed by atoms with van der Waals surface area (Å²) in [5.74, 6) is -0.325.